The predicted octanol–water partition coefficient (Wildman–Crippen LogP) is -1.79. The Morgan fingerprint density at radius 3 is 2.60 bits per heavy atom. The van der Waals surface area contributed by atoms with Crippen molar-refractivity contribution in [1.82, 2.24) is 5.32 Å². The summed E-state index contributed by atoms with van der Waals surface area (Å²) in [6.45, 7) is -0.126. The molecule has 0 rings (SSSR count). The fraction of sp³-hybridized carbons (Fsp3) is 0.333. The van der Waals surface area contributed by atoms with Crippen LogP contribution in [0.4, 0.5) is 0 Å². The van der Waals surface area contributed by atoms with Crippen LogP contribution < -0.4 is 11.1 Å². The van der Waals surface area contributed by atoms with Crippen molar-refractivity contribution in [3.63, 3.8) is 0 Å². The molecule has 0 spiro atoms. The van der Waals surface area contributed by atoms with Gasteiger partial charge in [-0.15, -0.1) is 0 Å². The first-order valence-electron chi connectivity index (χ1n) is 2.09. The van der Waals surface area contributed by atoms with Crippen LogP contribution in [0.15, 0.2) is 0 Å². The fourth-order valence-electron chi connectivity index (χ4n) is 0.200. The van der Waals surface area contributed by atoms with E-state index in [1.807, 2.05) is 0 Å². The molecule has 0 fully saturated rings. The van der Waals surface area contributed by atoms with Crippen LogP contribution in [-0.4, -0.2) is 48.0 Å². The third-order valence-corrected chi connectivity index (χ3v) is 0.729. The number of thiol groups is 1. The molecule has 0 amide bonds. The SMILES string of the molecule is N=C(N)NCC(=O)OS.[NaH]. The van der Waals surface area contributed by atoms with Crippen LogP contribution in [0, 0.1) is 5.41 Å². The number of nitrogens with one attached hydrogen (secondary N) is 2. The zero-order valence-electron chi connectivity index (χ0n) is 4.55. The van der Waals surface area contributed by atoms with E-state index in [1.165, 1.54) is 0 Å². The van der Waals surface area contributed by atoms with Gasteiger partial charge >= 0.3 is 35.5 Å². The first kappa shape index (κ1) is 12.7. The molecular formula is C3H8N3NaO2S. The van der Waals surface area contributed by atoms with Gasteiger partial charge in [0.2, 0.25) is 0 Å². The van der Waals surface area contributed by atoms with E-state index < -0.39 is 5.97 Å². The fourth-order valence-corrected chi connectivity index (χ4v) is 0.264. The molecule has 0 radical (unpaired) electrons. The van der Waals surface area contributed by atoms with Crippen molar-refractivity contribution in [2.24, 2.45) is 5.73 Å². The molecular weight excluding hydrogens is 165 g/mol. The standard InChI is InChI=1S/C3H7N3O2S.Na.H/c4-3(5)6-1-2(7)8-9;;/h9H,1H2,(H4,4,5,6);;. The van der Waals surface area contributed by atoms with E-state index >= 15 is 0 Å². The molecule has 7 heteroatoms. The topological polar surface area (TPSA) is 88.2 Å². The van der Waals surface area contributed by atoms with E-state index in [9.17, 15) is 4.79 Å². The number of guanidine groups is 1. The zero-order valence-corrected chi connectivity index (χ0v) is 5.44. The van der Waals surface area contributed by atoms with Crippen molar-refractivity contribution >= 4 is 54.4 Å². The summed E-state index contributed by atoms with van der Waals surface area (Å²) in [5, 5.41) is 8.83. The van der Waals surface area contributed by atoms with E-state index in [-0.39, 0.29) is 42.1 Å². The van der Waals surface area contributed by atoms with Gasteiger partial charge in [-0.1, -0.05) is 0 Å². The zero-order chi connectivity index (χ0) is 7.28. The molecule has 10 heavy (non-hydrogen) atoms. The van der Waals surface area contributed by atoms with Gasteiger partial charge in [0.15, 0.2) is 5.96 Å². The Morgan fingerprint density at radius 2 is 2.30 bits per heavy atom. The van der Waals surface area contributed by atoms with Gasteiger partial charge in [0.1, 0.15) is 6.54 Å². The molecule has 5 nitrogen and oxygen atoms in total. The van der Waals surface area contributed by atoms with Crippen molar-refractivity contribution in [1.29, 1.82) is 5.41 Å². The minimum absolute atomic E-state index is 0. The number of carbonyl (C=O) groups is 1. The molecule has 0 saturated heterocycles. The van der Waals surface area contributed by atoms with Crippen LogP contribution in [0.5, 0.6) is 0 Å². The van der Waals surface area contributed by atoms with Crippen molar-refractivity contribution in [3.05, 3.63) is 0 Å². The van der Waals surface area contributed by atoms with Gasteiger partial charge in [0.25, 0.3) is 0 Å². The first-order valence-corrected chi connectivity index (χ1v) is 2.45. The summed E-state index contributed by atoms with van der Waals surface area (Å²) in [6.07, 6.45) is 0. The summed E-state index contributed by atoms with van der Waals surface area (Å²) in [6, 6.07) is 0. The van der Waals surface area contributed by atoms with Gasteiger partial charge in [-0.25, -0.2) is 4.79 Å². The number of rotatable bonds is 2. The van der Waals surface area contributed by atoms with Crippen molar-refractivity contribution in [2.45, 2.75) is 0 Å². The normalized spacial score (nSPS) is 7.30. The van der Waals surface area contributed by atoms with Crippen molar-refractivity contribution in [3.8, 4) is 0 Å². The number of hydrogen-bond donors (Lipinski definition) is 4. The van der Waals surface area contributed by atoms with Crippen LogP contribution >= 0.6 is 12.9 Å². The van der Waals surface area contributed by atoms with E-state index in [4.69, 9.17) is 11.1 Å². The molecule has 0 unspecified atom stereocenters. The summed E-state index contributed by atoms with van der Waals surface area (Å²) in [4.78, 5) is 10.2. The Kier molecular flexibility index (Phi) is 9.17. The Bertz CT molecular complexity index is 131. The molecule has 0 atom stereocenters. The maximum absolute atomic E-state index is 10.2. The second kappa shape index (κ2) is 7.20. The van der Waals surface area contributed by atoms with Crippen LogP contribution in [0.3, 0.4) is 0 Å². The number of nitrogens with two attached hydrogens (primary N) is 1. The molecule has 0 aliphatic rings. The Morgan fingerprint density at radius 1 is 1.80 bits per heavy atom. The molecule has 0 bridgehead atoms. The molecule has 54 valence electrons. The maximum atomic E-state index is 10.2. The molecule has 0 aromatic rings. The van der Waals surface area contributed by atoms with Crippen molar-refractivity contribution < 1.29 is 8.98 Å². The van der Waals surface area contributed by atoms with Gasteiger partial charge in [0.05, 0.1) is 0 Å². The van der Waals surface area contributed by atoms with E-state index in [0.717, 1.165) is 0 Å². The Labute approximate surface area is 86.1 Å². The van der Waals surface area contributed by atoms with Gasteiger partial charge in [-0.2, -0.15) is 0 Å². The van der Waals surface area contributed by atoms with Crippen LogP contribution in [-0.2, 0) is 8.98 Å². The van der Waals surface area contributed by atoms with Gasteiger partial charge in [-0.3, -0.25) is 5.41 Å². The van der Waals surface area contributed by atoms with Crippen LogP contribution in [0.25, 0.3) is 0 Å². The average molecular weight is 173 g/mol. The third kappa shape index (κ3) is 8.09. The molecule has 0 heterocycles. The summed E-state index contributed by atoms with van der Waals surface area (Å²) < 4.78 is 3.94. The summed E-state index contributed by atoms with van der Waals surface area (Å²) in [5.74, 6) is -0.845. The molecule has 4 N–H and O–H groups in total. The van der Waals surface area contributed by atoms with Gasteiger partial charge in [-0.05, 0) is 0 Å². The molecule has 0 aliphatic heterocycles. The van der Waals surface area contributed by atoms with Crippen LogP contribution in [0.1, 0.15) is 0 Å². The summed E-state index contributed by atoms with van der Waals surface area (Å²) in [5.41, 5.74) is 4.83. The predicted molar refractivity (Wildman–Crippen MR) is 42.1 cm³/mol. The molecule has 0 saturated carbocycles. The second-order valence-electron chi connectivity index (χ2n) is 1.23. The van der Waals surface area contributed by atoms with E-state index in [1.54, 1.807) is 0 Å². The Balaban J connectivity index is 0. The van der Waals surface area contributed by atoms with Crippen molar-refractivity contribution in [2.75, 3.05) is 6.54 Å². The summed E-state index contributed by atoms with van der Waals surface area (Å²) >= 11 is 3.22. The van der Waals surface area contributed by atoms with Gasteiger partial charge < -0.3 is 15.2 Å². The summed E-state index contributed by atoms with van der Waals surface area (Å²) in [7, 11) is 0. The molecule has 0 aliphatic carbocycles. The molecule has 0 aromatic heterocycles. The Hall–Kier alpha value is 0.0900. The quantitative estimate of drug-likeness (QED) is 0.130. The molecule has 0 aromatic carbocycles. The minimum atomic E-state index is -0.575. The third-order valence-electron chi connectivity index (χ3n) is 0.525. The number of carbonyl (C=O) groups excluding carboxylic acids is 1. The average Bonchev–Trinajstić information content (AvgIpc) is 1.83. The first-order chi connectivity index (χ1) is 4.16. The van der Waals surface area contributed by atoms with Gasteiger partial charge in [0, 0.05) is 12.9 Å². The monoisotopic (exact) mass is 173 g/mol. The second-order valence-corrected chi connectivity index (χ2v) is 1.41. The number of hydrogen-bond acceptors (Lipinski definition) is 4. The van der Waals surface area contributed by atoms with Crippen LogP contribution in [0.2, 0.25) is 0 Å². The van der Waals surface area contributed by atoms with E-state index in [0.29, 0.717) is 0 Å². The van der Waals surface area contributed by atoms with E-state index in [2.05, 4.69) is 22.4 Å².